The maximum Gasteiger partial charge on any atom is 0.235 e. The number of nitriles is 1. The fourth-order valence-electron chi connectivity index (χ4n) is 4.12. The van der Waals surface area contributed by atoms with Crippen molar-refractivity contribution in [3.8, 4) is 6.07 Å². The van der Waals surface area contributed by atoms with Crippen molar-refractivity contribution in [2.45, 2.75) is 57.4 Å². The minimum absolute atomic E-state index is 0.0724. The van der Waals surface area contributed by atoms with Crippen LogP contribution >= 0.6 is 0 Å². The highest BCUT2D eigenvalue weighted by atomic mass is 16.2. The van der Waals surface area contributed by atoms with Crippen LogP contribution in [-0.4, -0.2) is 59.9 Å². The van der Waals surface area contributed by atoms with E-state index in [0.717, 1.165) is 64.7 Å². The number of hydrogen-bond acceptors (Lipinski definition) is 4. The molecule has 1 atom stereocenters. The Morgan fingerprint density at radius 1 is 1.08 bits per heavy atom. The molecule has 2 heterocycles. The van der Waals surface area contributed by atoms with E-state index in [-0.39, 0.29) is 11.8 Å². The van der Waals surface area contributed by atoms with Crippen LogP contribution in [-0.2, 0) is 9.59 Å². The van der Waals surface area contributed by atoms with Crippen LogP contribution in [0.15, 0.2) is 0 Å². The van der Waals surface area contributed by atoms with Gasteiger partial charge in [-0.1, -0.05) is 0 Å². The summed E-state index contributed by atoms with van der Waals surface area (Å²) in [6.07, 6.45) is 7.21. The molecule has 3 aliphatic rings. The number of nitrogens with one attached hydrogen (secondary N) is 1. The molecule has 3 rings (SSSR count). The lowest BCUT2D eigenvalue weighted by molar-refractivity contribution is -0.138. The van der Waals surface area contributed by atoms with E-state index in [1.807, 2.05) is 11.8 Å². The van der Waals surface area contributed by atoms with E-state index in [1.165, 1.54) is 6.42 Å². The molecule has 0 aromatic rings. The fourth-order valence-corrected chi connectivity index (χ4v) is 4.12. The molecule has 0 radical (unpaired) electrons. The van der Waals surface area contributed by atoms with Crippen molar-refractivity contribution >= 4 is 11.8 Å². The minimum atomic E-state index is -0.723. The third-order valence-corrected chi connectivity index (χ3v) is 6.00. The van der Waals surface area contributed by atoms with Crippen LogP contribution < -0.4 is 5.32 Å². The van der Waals surface area contributed by atoms with Crippen LogP contribution in [0.5, 0.6) is 0 Å². The van der Waals surface area contributed by atoms with E-state index in [2.05, 4.69) is 16.3 Å². The fraction of sp³-hybridized carbons (Fsp3) is 0.842. The van der Waals surface area contributed by atoms with Gasteiger partial charge in [-0.3, -0.25) is 14.5 Å². The number of carbonyl (C=O) groups is 2. The van der Waals surface area contributed by atoms with Gasteiger partial charge in [-0.15, -0.1) is 0 Å². The summed E-state index contributed by atoms with van der Waals surface area (Å²) in [7, 11) is 0. The lowest BCUT2D eigenvalue weighted by atomic mass is 9.94. The second-order valence-electron chi connectivity index (χ2n) is 8.07. The SMILES string of the molecule is CC(C#N)(NC(=O)CN1CCC(C(=O)N2CCCCC2)CC1)C1CC1. The summed E-state index contributed by atoms with van der Waals surface area (Å²) in [4.78, 5) is 29.0. The molecular weight excluding hydrogens is 316 g/mol. The van der Waals surface area contributed by atoms with Crippen molar-refractivity contribution in [2.75, 3.05) is 32.7 Å². The van der Waals surface area contributed by atoms with E-state index in [0.29, 0.717) is 18.4 Å². The molecule has 138 valence electrons. The van der Waals surface area contributed by atoms with Crippen molar-refractivity contribution in [2.24, 2.45) is 11.8 Å². The molecule has 0 spiro atoms. The number of carbonyl (C=O) groups excluding carboxylic acids is 2. The van der Waals surface area contributed by atoms with Gasteiger partial charge in [0.15, 0.2) is 0 Å². The highest BCUT2D eigenvalue weighted by Gasteiger charge is 2.43. The molecule has 0 bridgehead atoms. The first-order chi connectivity index (χ1) is 12.0. The van der Waals surface area contributed by atoms with Gasteiger partial charge in [0.2, 0.25) is 11.8 Å². The summed E-state index contributed by atoms with van der Waals surface area (Å²) < 4.78 is 0. The highest BCUT2D eigenvalue weighted by Crippen LogP contribution is 2.39. The topological polar surface area (TPSA) is 76.4 Å². The lowest BCUT2D eigenvalue weighted by Crippen LogP contribution is -2.51. The first-order valence-corrected chi connectivity index (χ1v) is 9.75. The molecule has 1 aliphatic carbocycles. The maximum atomic E-state index is 12.6. The monoisotopic (exact) mass is 346 g/mol. The minimum Gasteiger partial charge on any atom is -0.342 e. The standard InChI is InChI=1S/C19H30N4O2/c1-19(14-20,16-5-6-16)21-17(24)13-22-11-7-15(8-12-22)18(25)23-9-3-2-4-10-23/h15-16H,2-13H2,1H3,(H,21,24). The summed E-state index contributed by atoms with van der Waals surface area (Å²) in [5.41, 5.74) is -0.723. The van der Waals surface area contributed by atoms with Gasteiger partial charge in [0.05, 0.1) is 12.6 Å². The molecule has 1 unspecified atom stereocenters. The van der Waals surface area contributed by atoms with Crippen LogP contribution in [0.2, 0.25) is 0 Å². The van der Waals surface area contributed by atoms with Gasteiger partial charge in [0.25, 0.3) is 0 Å². The molecule has 3 fully saturated rings. The predicted octanol–water partition coefficient (Wildman–Crippen LogP) is 1.52. The zero-order valence-electron chi connectivity index (χ0n) is 15.3. The molecular formula is C19H30N4O2. The van der Waals surface area contributed by atoms with Crippen molar-refractivity contribution in [1.82, 2.24) is 15.1 Å². The Bertz CT molecular complexity index is 540. The van der Waals surface area contributed by atoms with Crippen molar-refractivity contribution in [1.29, 1.82) is 5.26 Å². The van der Waals surface area contributed by atoms with Crippen molar-refractivity contribution < 1.29 is 9.59 Å². The second kappa shape index (κ2) is 7.74. The van der Waals surface area contributed by atoms with Crippen LogP contribution in [0.3, 0.4) is 0 Å². The normalized spacial score (nSPS) is 25.0. The van der Waals surface area contributed by atoms with Crippen molar-refractivity contribution in [3.63, 3.8) is 0 Å². The highest BCUT2D eigenvalue weighted by molar-refractivity contribution is 5.80. The average molecular weight is 346 g/mol. The zero-order chi connectivity index (χ0) is 17.9. The summed E-state index contributed by atoms with van der Waals surface area (Å²) in [6.45, 7) is 5.54. The molecule has 6 heteroatoms. The largest absolute Gasteiger partial charge is 0.342 e. The molecule has 25 heavy (non-hydrogen) atoms. The average Bonchev–Trinajstić information content (AvgIpc) is 3.48. The lowest BCUT2D eigenvalue weighted by Gasteiger charge is -2.35. The maximum absolute atomic E-state index is 12.6. The van der Waals surface area contributed by atoms with Gasteiger partial charge in [-0.25, -0.2) is 0 Å². The molecule has 1 saturated carbocycles. The molecule has 2 amide bonds. The second-order valence-corrected chi connectivity index (χ2v) is 8.07. The summed E-state index contributed by atoms with van der Waals surface area (Å²) >= 11 is 0. The third-order valence-electron chi connectivity index (χ3n) is 6.00. The van der Waals surface area contributed by atoms with E-state index in [1.54, 1.807) is 0 Å². The molecule has 2 aliphatic heterocycles. The molecule has 0 aromatic heterocycles. The van der Waals surface area contributed by atoms with Gasteiger partial charge < -0.3 is 10.2 Å². The van der Waals surface area contributed by atoms with Gasteiger partial charge in [0, 0.05) is 19.0 Å². The third kappa shape index (κ3) is 4.52. The molecule has 6 nitrogen and oxygen atoms in total. The van der Waals surface area contributed by atoms with E-state index < -0.39 is 5.54 Å². The molecule has 0 aromatic carbocycles. The van der Waals surface area contributed by atoms with Crippen LogP contribution in [0.25, 0.3) is 0 Å². The first kappa shape index (κ1) is 18.2. The summed E-state index contributed by atoms with van der Waals surface area (Å²) in [5.74, 6) is 0.661. The Labute approximate surface area is 150 Å². The first-order valence-electron chi connectivity index (χ1n) is 9.75. The van der Waals surface area contributed by atoms with Gasteiger partial charge >= 0.3 is 0 Å². The Hall–Kier alpha value is -1.61. The zero-order valence-corrected chi connectivity index (χ0v) is 15.3. The van der Waals surface area contributed by atoms with Gasteiger partial charge in [0.1, 0.15) is 5.54 Å². The molecule has 2 saturated heterocycles. The van der Waals surface area contributed by atoms with Crippen molar-refractivity contribution in [3.05, 3.63) is 0 Å². The Kier molecular flexibility index (Phi) is 5.63. The summed E-state index contributed by atoms with van der Waals surface area (Å²) in [5, 5.41) is 12.3. The Morgan fingerprint density at radius 2 is 1.72 bits per heavy atom. The number of piperidine rings is 2. The van der Waals surface area contributed by atoms with Gasteiger partial charge in [-0.05, 0) is 70.9 Å². The Morgan fingerprint density at radius 3 is 2.28 bits per heavy atom. The number of hydrogen-bond donors (Lipinski definition) is 1. The predicted molar refractivity (Wildman–Crippen MR) is 94.5 cm³/mol. The van der Waals surface area contributed by atoms with Crippen LogP contribution in [0.4, 0.5) is 0 Å². The Balaban J connectivity index is 1.42. The number of amides is 2. The van der Waals surface area contributed by atoms with E-state index in [9.17, 15) is 14.9 Å². The number of nitrogens with zero attached hydrogens (tertiary/aromatic N) is 3. The van der Waals surface area contributed by atoms with Crippen LogP contribution in [0.1, 0.15) is 51.9 Å². The smallest absolute Gasteiger partial charge is 0.235 e. The summed E-state index contributed by atoms with van der Waals surface area (Å²) in [6, 6.07) is 2.27. The van der Waals surface area contributed by atoms with Gasteiger partial charge in [-0.2, -0.15) is 5.26 Å². The quantitative estimate of drug-likeness (QED) is 0.819. The number of likely N-dealkylation sites (tertiary alicyclic amines) is 2. The number of rotatable bonds is 5. The van der Waals surface area contributed by atoms with E-state index in [4.69, 9.17) is 0 Å². The van der Waals surface area contributed by atoms with Crippen LogP contribution in [0, 0.1) is 23.2 Å². The van der Waals surface area contributed by atoms with E-state index >= 15 is 0 Å². The molecule has 1 N–H and O–H groups in total.